The molecule has 0 radical (unpaired) electrons. The molecule has 0 saturated heterocycles. The standard InChI is InChI=1S/C19H32O7/c1-15(2)18(22)25-14-13-24-16(20)9-7-6-8-11-23-17(21)10-12-26-19(3,4)5/h1,6-14H2,2-5H3. The highest BCUT2D eigenvalue weighted by molar-refractivity contribution is 5.86. The summed E-state index contributed by atoms with van der Waals surface area (Å²) in [7, 11) is 0. The summed E-state index contributed by atoms with van der Waals surface area (Å²) < 4.78 is 20.3. The molecular formula is C19H32O7. The zero-order valence-electron chi connectivity index (χ0n) is 16.4. The van der Waals surface area contributed by atoms with Crippen LogP contribution in [-0.4, -0.2) is 49.9 Å². The van der Waals surface area contributed by atoms with Gasteiger partial charge in [-0.25, -0.2) is 4.79 Å². The Morgan fingerprint density at radius 1 is 0.769 bits per heavy atom. The van der Waals surface area contributed by atoms with Gasteiger partial charge >= 0.3 is 17.9 Å². The second kappa shape index (κ2) is 13.3. The van der Waals surface area contributed by atoms with Crippen LogP contribution in [0.2, 0.25) is 0 Å². The first-order valence-electron chi connectivity index (χ1n) is 8.89. The molecule has 0 fully saturated rings. The van der Waals surface area contributed by atoms with Gasteiger partial charge in [0, 0.05) is 12.0 Å². The van der Waals surface area contributed by atoms with Crippen LogP contribution in [0.3, 0.4) is 0 Å². The average Bonchev–Trinajstić information content (AvgIpc) is 2.53. The fourth-order valence-corrected chi connectivity index (χ4v) is 1.73. The summed E-state index contributed by atoms with van der Waals surface area (Å²) in [6, 6.07) is 0. The summed E-state index contributed by atoms with van der Waals surface area (Å²) in [5, 5.41) is 0. The van der Waals surface area contributed by atoms with Crippen molar-refractivity contribution in [3.8, 4) is 0 Å². The van der Waals surface area contributed by atoms with E-state index < -0.39 is 5.97 Å². The van der Waals surface area contributed by atoms with Gasteiger partial charge in [-0.05, 0) is 47.0 Å². The highest BCUT2D eigenvalue weighted by Crippen LogP contribution is 2.07. The van der Waals surface area contributed by atoms with Gasteiger partial charge in [0.2, 0.25) is 0 Å². The number of esters is 3. The van der Waals surface area contributed by atoms with E-state index >= 15 is 0 Å². The normalized spacial score (nSPS) is 10.9. The van der Waals surface area contributed by atoms with E-state index in [9.17, 15) is 14.4 Å². The maximum absolute atomic E-state index is 11.5. The first kappa shape index (κ1) is 24.1. The van der Waals surface area contributed by atoms with E-state index in [1.165, 1.54) is 0 Å². The lowest BCUT2D eigenvalue weighted by molar-refractivity contribution is -0.150. The fourth-order valence-electron chi connectivity index (χ4n) is 1.73. The topological polar surface area (TPSA) is 88.1 Å². The Morgan fingerprint density at radius 2 is 1.35 bits per heavy atom. The minimum atomic E-state index is -0.499. The summed E-state index contributed by atoms with van der Waals surface area (Å²) >= 11 is 0. The minimum absolute atomic E-state index is 0.0202. The van der Waals surface area contributed by atoms with Crippen LogP contribution in [0.25, 0.3) is 0 Å². The molecule has 0 aliphatic carbocycles. The van der Waals surface area contributed by atoms with Crippen molar-refractivity contribution in [3.63, 3.8) is 0 Å². The van der Waals surface area contributed by atoms with Crippen LogP contribution in [0.1, 0.15) is 59.8 Å². The molecule has 26 heavy (non-hydrogen) atoms. The van der Waals surface area contributed by atoms with Crippen LogP contribution < -0.4 is 0 Å². The van der Waals surface area contributed by atoms with Crippen LogP contribution in [0, 0.1) is 0 Å². The number of rotatable bonds is 13. The van der Waals surface area contributed by atoms with Gasteiger partial charge in [0.1, 0.15) is 13.2 Å². The Kier molecular flexibility index (Phi) is 12.4. The van der Waals surface area contributed by atoms with E-state index in [1.807, 2.05) is 20.8 Å². The Labute approximate surface area is 156 Å². The predicted molar refractivity (Wildman–Crippen MR) is 96.5 cm³/mol. The van der Waals surface area contributed by atoms with Crippen molar-refractivity contribution in [2.45, 2.75) is 65.4 Å². The Balaban J connectivity index is 3.48. The van der Waals surface area contributed by atoms with Crippen LogP contribution in [0.15, 0.2) is 12.2 Å². The summed E-state index contributed by atoms with van der Waals surface area (Å²) in [4.78, 5) is 34.1. The molecule has 0 unspecified atom stereocenters. The van der Waals surface area contributed by atoms with Crippen molar-refractivity contribution >= 4 is 17.9 Å². The molecular weight excluding hydrogens is 340 g/mol. The molecule has 150 valence electrons. The third-order valence-electron chi connectivity index (χ3n) is 3.06. The van der Waals surface area contributed by atoms with Gasteiger partial charge in [0.25, 0.3) is 0 Å². The van der Waals surface area contributed by atoms with Crippen molar-refractivity contribution in [1.29, 1.82) is 0 Å². The zero-order chi connectivity index (χ0) is 20.0. The molecule has 0 aromatic carbocycles. The Morgan fingerprint density at radius 3 is 1.96 bits per heavy atom. The van der Waals surface area contributed by atoms with E-state index in [0.717, 1.165) is 6.42 Å². The molecule has 0 bridgehead atoms. The Bertz CT molecular complexity index is 463. The number of ether oxygens (including phenoxy) is 4. The van der Waals surface area contributed by atoms with Crippen molar-refractivity contribution in [2.75, 3.05) is 26.4 Å². The number of hydrogen-bond acceptors (Lipinski definition) is 7. The minimum Gasteiger partial charge on any atom is -0.466 e. The summed E-state index contributed by atoms with van der Waals surface area (Å²) in [5.41, 5.74) is 0.0416. The van der Waals surface area contributed by atoms with Crippen molar-refractivity contribution in [1.82, 2.24) is 0 Å². The summed E-state index contributed by atoms with van der Waals surface area (Å²) in [5.74, 6) is -1.12. The number of carbonyl (C=O) groups excluding carboxylic acids is 3. The molecule has 0 aliphatic heterocycles. The maximum Gasteiger partial charge on any atom is 0.333 e. The molecule has 0 amide bonds. The van der Waals surface area contributed by atoms with Gasteiger partial charge in [0.05, 0.1) is 25.2 Å². The fraction of sp³-hybridized carbons (Fsp3) is 0.737. The highest BCUT2D eigenvalue weighted by Gasteiger charge is 2.11. The number of unbranched alkanes of at least 4 members (excludes halogenated alkanes) is 2. The van der Waals surface area contributed by atoms with Crippen molar-refractivity contribution < 1.29 is 33.3 Å². The van der Waals surface area contributed by atoms with E-state index in [-0.39, 0.29) is 43.6 Å². The van der Waals surface area contributed by atoms with Gasteiger partial charge in [-0.15, -0.1) is 0 Å². The van der Waals surface area contributed by atoms with E-state index in [0.29, 0.717) is 31.6 Å². The molecule has 0 aromatic rings. The SMILES string of the molecule is C=C(C)C(=O)OCCOC(=O)CCCCCOC(=O)CCOC(C)(C)C. The van der Waals surface area contributed by atoms with Gasteiger partial charge < -0.3 is 18.9 Å². The Hall–Kier alpha value is -1.89. The third-order valence-corrected chi connectivity index (χ3v) is 3.06. The molecule has 0 atom stereocenters. The highest BCUT2D eigenvalue weighted by atomic mass is 16.6. The maximum atomic E-state index is 11.5. The van der Waals surface area contributed by atoms with Crippen LogP contribution >= 0.6 is 0 Å². The van der Waals surface area contributed by atoms with Gasteiger partial charge in [0.15, 0.2) is 0 Å². The molecule has 7 heteroatoms. The van der Waals surface area contributed by atoms with Crippen LogP contribution in [0.5, 0.6) is 0 Å². The number of hydrogen-bond donors (Lipinski definition) is 0. The quantitative estimate of drug-likeness (QED) is 0.212. The summed E-state index contributed by atoms with van der Waals surface area (Å²) in [6.45, 7) is 11.5. The van der Waals surface area contributed by atoms with Crippen molar-refractivity contribution in [2.24, 2.45) is 0 Å². The first-order valence-corrected chi connectivity index (χ1v) is 8.89. The van der Waals surface area contributed by atoms with E-state index in [4.69, 9.17) is 18.9 Å². The van der Waals surface area contributed by atoms with E-state index in [2.05, 4.69) is 6.58 Å². The van der Waals surface area contributed by atoms with Crippen LogP contribution in [0.4, 0.5) is 0 Å². The second-order valence-corrected chi connectivity index (χ2v) is 6.88. The smallest absolute Gasteiger partial charge is 0.333 e. The molecule has 0 aromatic heterocycles. The number of carbonyl (C=O) groups is 3. The molecule has 7 nitrogen and oxygen atoms in total. The largest absolute Gasteiger partial charge is 0.466 e. The zero-order valence-corrected chi connectivity index (χ0v) is 16.4. The molecule has 0 aliphatic rings. The lowest BCUT2D eigenvalue weighted by atomic mass is 10.2. The van der Waals surface area contributed by atoms with Gasteiger partial charge in [-0.1, -0.05) is 6.58 Å². The lowest BCUT2D eigenvalue weighted by Crippen LogP contribution is -2.21. The second-order valence-electron chi connectivity index (χ2n) is 6.88. The van der Waals surface area contributed by atoms with E-state index in [1.54, 1.807) is 6.92 Å². The van der Waals surface area contributed by atoms with Crippen molar-refractivity contribution in [3.05, 3.63) is 12.2 Å². The monoisotopic (exact) mass is 372 g/mol. The first-order chi connectivity index (χ1) is 12.1. The van der Waals surface area contributed by atoms with Gasteiger partial charge in [-0.3, -0.25) is 9.59 Å². The average molecular weight is 372 g/mol. The van der Waals surface area contributed by atoms with Crippen LogP contribution in [-0.2, 0) is 33.3 Å². The molecule has 0 spiro atoms. The predicted octanol–water partition coefficient (Wildman–Crippen LogP) is 2.96. The molecule has 0 rings (SSSR count). The lowest BCUT2D eigenvalue weighted by Gasteiger charge is -2.18. The summed E-state index contributed by atoms with van der Waals surface area (Å²) in [6.07, 6.45) is 2.61. The molecule has 0 N–H and O–H groups in total. The molecule has 0 heterocycles. The third kappa shape index (κ3) is 15.6. The van der Waals surface area contributed by atoms with Gasteiger partial charge in [-0.2, -0.15) is 0 Å². The molecule has 0 saturated carbocycles.